The second-order valence-electron chi connectivity index (χ2n) is 7.13. The Morgan fingerprint density at radius 1 is 1.00 bits per heavy atom. The minimum Gasteiger partial charge on any atom is -0.489 e. The zero-order chi connectivity index (χ0) is 20.5. The highest BCUT2D eigenvalue weighted by Gasteiger charge is 2.19. The smallest absolute Gasteiger partial charge is 0.143 e. The second-order valence-corrected chi connectivity index (χ2v) is 8.33. The maximum absolute atomic E-state index is 13.5. The zero-order valence-electron chi connectivity index (χ0n) is 16.8. The fraction of sp³-hybridized carbons (Fsp3) is 0.217. The lowest BCUT2D eigenvalue weighted by Crippen LogP contribution is -2.08. The third-order valence-corrected chi connectivity index (χ3v) is 5.47. The summed E-state index contributed by atoms with van der Waals surface area (Å²) in [5.74, 6) is 1.92. The van der Waals surface area contributed by atoms with Gasteiger partial charge in [-0.1, -0.05) is 24.3 Å². The van der Waals surface area contributed by atoms with E-state index in [1.54, 1.807) is 23.5 Å². The molecule has 148 valence electrons. The molecule has 0 atom stereocenters. The van der Waals surface area contributed by atoms with Crippen LogP contribution in [0.1, 0.15) is 24.5 Å². The molecule has 0 saturated carbocycles. The number of ether oxygens (including phenoxy) is 1. The molecule has 0 amide bonds. The van der Waals surface area contributed by atoms with Gasteiger partial charge in [0.15, 0.2) is 0 Å². The highest BCUT2D eigenvalue weighted by Crippen LogP contribution is 2.42. The normalized spacial score (nSPS) is 11.2. The van der Waals surface area contributed by atoms with Crippen molar-refractivity contribution in [3.05, 3.63) is 65.0 Å². The lowest BCUT2D eigenvalue weighted by molar-refractivity contribution is 0.244. The number of fused-ring (bicyclic) bond motifs is 1. The summed E-state index contributed by atoms with van der Waals surface area (Å²) < 4.78 is 19.4. The number of nitrogens with zero attached hydrogens (tertiary/aromatic N) is 2. The predicted octanol–water partition coefficient (Wildman–Crippen LogP) is 6.65. The van der Waals surface area contributed by atoms with Gasteiger partial charge in [-0.15, -0.1) is 11.3 Å². The van der Waals surface area contributed by atoms with Gasteiger partial charge in [-0.25, -0.2) is 14.4 Å². The monoisotopic (exact) mass is 407 g/mol. The van der Waals surface area contributed by atoms with Gasteiger partial charge in [0.2, 0.25) is 0 Å². The van der Waals surface area contributed by atoms with Crippen molar-refractivity contribution in [2.45, 2.75) is 33.8 Å². The summed E-state index contributed by atoms with van der Waals surface area (Å²) in [6.07, 6.45) is 0.0586. The Balaban J connectivity index is 1.88. The first-order chi connectivity index (χ1) is 13.9. The molecule has 0 aliphatic rings. The molecule has 4 nitrogen and oxygen atoms in total. The molecule has 0 aliphatic carbocycles. The lowest BCUT2D eigenvalue weighted by Gasteiger charge is -2.16. The maximum atomic E-state index is 13.5. The summed E-state index contributed by atoms with van der Waals surface area (Å²) in [7, 11) is 0. The van der Waals surface area contributed by atoms with Crippen LogP contribution in [0.2, 0.25) is 0 Å². The number of rotatable bonds is 5. The van der Waals surface area contributed by atoms with E-state index < -0.39 is 0 Å². The third kappa shape index (κ3) is 3.93. The van der Waals surface area contributed by atoms with Gasteiger partial charge in [-0.2, -0.15) is 0 Å². The average molecular weight is 408 g/mol. The maximum Gasteiger partial charge on any atom is 0.143 e. The van der Waals surface area contributed by atoms with E-state index in [-0.39, 0.29) is 11.9 Å². The van der Waals surface area contributed by atoms with E-state index in [1.165, 1.54) is 12.1 Å². The predicted molar refractivity (Wildman–Crippen MR) is 118 cm³/mol. The molecular weight excluding hydrogens is 385 g/mol. The molecule has 4 rings (SSSR count). The van der Waals surface area contributed by atoms with Gasteiger partial charge in [0.25, 0.3) is 0 Å². The van der Waals surface area contributed by atoms with Crippen molar-refractivity contribution in [1.29, 1.82) is 0 Å². The molecule has 2 heterocycles. The number of hydrogen-bond acceptors (Lipinski definition) is 5. The van der Waals surface area contributed by atoms with E-state index in [0.717, 1.165) is 43.5 Å². The van der Waals surface area contributed by atoms with Gasteiger partial charge in [-0.05, 0) is 57.5 Å². The van der Waals surface area contributed by atoms with Crippen molar-refractivity contribution < 1.29 is 9.13 Å². The van der Waals surface area contributed by atoms with Crippen LogP contribution in [0.25, 0.3) is 21.3 Å². The molecule has 29 heavy (non-hydrogen) atoms. The van der Waals surface area contributed by atoms with Crippen molar-refractivity contribution in [2.24, 2.45) is 0 Å². The van der Waals surface area contributed by atoms with E-state index in [4.69, 9.17) is 4.74 Å². The molecule has 6 heteroatoms. The Kier molecular flexibility index (Phi) is 5.20. The molecule has 1 N–H and O–H groups in total. The Morgan fingerprint density at radius 3 is 2.45 bits per heavy atom. The van der Waals surface area contributed by atoms with E-state index in [1.807, 2.05) is 45.0 Å². The van der Waals surface area contributed by atoms with Crippen molar-refractivity contribution in [3.63, 3.8) is 0 Å². The van der Waals surface area contributed by atoms with Crippen LogP contribution in [0.5, 0.6) is 5.75 Å². The van der Waals surface area contributed by atoms with Crippen LogP contribution in [0.3, 0.4) is 0 Å². The van der Waals surface area contributed by atoms with Crippen LogP contribution in [0, 0.1) is 19.7 Å². The fourth-order valence-electron chi connectivity index (χ4n) is 3.33. The molecule has 2 aromatic carbocycles. The van der Waals surface area contributed by atoms with Gasteiger partial charge in [0.1, 0.15) is 28.0 Å². The van der Waals surface area contributed by atoms with Crippen LogP contribution in [-0.4, -0.2) is 16.1 Å². The highest BCUT2D eigenvalue weighted by molar-refractivity contribution is 7.19. The zero-order valence-corrected chi connectivity index (χ0v) is 17.6. The van der Waals surface area contributed by atoms with Crippen molar-refractivity contribution >= 4 is 33.1 Å². The van der Waals surface area contributed by atoms with E-state index in [9.17, 15) is 4.39 Å². The molecule has 4 aromatic rings. The minimum absolute atomic E-state index is 0.0586. The van der Waals surface area contributed by atoms with E-state index >= 15 is 0 Å². The summed E-state index contributed by atoms with van der Waals surface area (Å²) >= 11 is 1.62. The van der Waals surface area contributed by atoms with Gasteiger partial charge in [-0.3, -0.25) is 0 Å². The third-order valence-electron chi connectivity index (χ3n) is 4.48. The number of hydrogen-bond donors (Lipinski definition) is 1. The van der Waals surface area contributed by atoms with Gasteiger partial charge < -0.3 is 10.1 Å². The molecule has 0 saturated heterocycles. The molecule has 0 bridgehead atoms. The number of nitrogens with one attached hydrogen (secondary N) is 1. The Hall–Kier alpha value is -2.99. The molecule has 0 radical (unpaired) electrons. The molecule has 0 aliphatic heterocycles. The van der Waals surface area contributed by atoms with Crippen molar-refractivity contribution in [1.82, 2.24) is 9.97 Å². The minimum atomic E-state index is -0.254. The summed E-state index contributed by atoms with van der Waals surface area (Å²) in [6.45, 7) is 7.94. The van der Waals surface area contributed by atoms with Crippen LogP contribution < -0.4 is 10.1 Å². The number of aromatic nitrogens is 2. The fourth-order valence-corrected chi connectivity index (χ4v) is 4.42. The Labute approximate surface area is 173 Å². The van der Waals surface area contributed by atoms with Gasteiger partial charge in [0, 0.05) is 10.4 Å². The van der Waals surface area contributed by atoms with Gasteiger partial charge >= 0.3 is 0 Å². The van der Waals surface area contributed by atoms with Crippen LogP contribution >= 0.6 is 11.3 Å². The lowest BCUT2D eigenvalue weighted by atomic mass is 10.0. The molecule has 0 unspecified atom stereocenters. The van der Waals surface area contributed by atoms with E-state index in [2.05, 4.69) is 22.2 Å². The largest absolute Gasteiger partial charge is 0.489 e. The van der Waals surface area contributed by atoms with Crippen LogP contribution in [0.15, 0.2) is 48.5 Å². The number of benzene rings is 2. The number of aryl methyl sites for hydroxylation is 2. The number of anilines is 2. The van der Waals surface area contributed by atoms with Crippen LogP contribution in [-0.2, 0) is 0 Å². The summed E-state index contributed by atoms with van der Waals surface area (Å²) in [5, 5.41) is 4.39. The number of para-hydroxylation sites is 2. The Bertz CT molecular complexity index is 1170. The SMILES string of the molecule is Cc1nc(Nc2ccccc2OC(C)C)c2c(-c3ccc(F)cc3)c(C)sc2n1. The first-order valence-corrected chi connectivity index (χ1v) is 10.3. The first kappa shape index (κ1) is 19.3. The highest BCUT2D eigenvalue weighted by atomic mass is 32.1. The number of halogens is 1. The Morgan fingerprint density at radius 2 is 1.72 bits per heavy atom. The summed E-state index contributed by atoms with van der Waals surface area (Å²) in [5.41, 5.74) is 2.81. The topological polar surface area (TPSA) is 47.0 Å². The standard InChI is InChI=1S/C23H22FN3OS/c1-13(2)28-19-8-6-5-7-18(19)27-22-21-20(16-9-11-17(24)12-10-16)14(3)29-23(21)26-15(4)25-22/h5-13H,1-4H3,(H,25,26,27). The summed E-state index contributed by atoms with van der Waals surface area (Å²) in [6, 6.07) is 14.4. The van der Waals surface area contributed by atoms with Crippen LogP contribution in [0.4, 0.5) is 15.9 Å². The second kappa shape index (κ2) is 7.79. The molecule has 0 spiro atoms. The van der Waals surface area contributed by atoms with Crippen molar-refractivity contribution in [2.75, 3.05) is 5.32 Å². The molecular formula is C23H22FN3OS. The van der Waals surface area contributed by atoms with Crippen molar-refractivity contribution in [3.8, 4) is 16.9 Å². The van der Waals surface area contributed by atoms with Gasteiger partial charge in [0.05, 0.1) is 17.2 Å². The molecule has 0 fully saturated rings. The summed E-state index contributed by atoms with van der Waals surface area (Å²) in [4.78, 5) is 11.3. The first-order valence-electron chi connectivity index (χ1n) is 9.48. The molecule has 2 aromatic heterocycles. The number of thiophene rings is 1. The quantitative estimate of drug-likeness (QED) is 0.402. The average Bonchev–Trinajstić information content (AvgIpc) is 2.99. The van der Waals surface area contributed by atoms with E-state index in [0.29, 0.717) is 5.82 Å².